The van der Waals surface area contributed by atoms with Crippen LogP contribution in [0.4, 0.5) is 0 Å². The van der Waals surface area contributed by atoms with E-state index in [0.717, 1.165) is 44.8 Å². The quantitative estimate of drug-likeness (QED) is 0.263. The number of nitrogens with one attached hydrogen (secondary N) is 1. The summed E-state index contributed by atoms with van der Waals surface area (Å²) < 4.78 is 0. The van der Waals surface area contributed by atoms with Crippen molar-refractivity contribution in [2.24, 2.45) is 0 Å². The summed E-state index contributed by atoms with van der Waals surface area (Å²) in [6.45, 7) is 14.8. The largest absolute Gasteiger partial charge is 0.362 e. The molecule has 0 aliphatic carbocycles. The average molecular weight is 559 g/mol. The van der Waals surface area contributed by atoms with E-state index in [1.54, 1.807) is 11.8 Å². The Kier molecular flexibility index (Phi) is 13.3. The molecule has 1 aliphatic heterocycles. The molecule has 0 aromatic heterocycles. The summed E-state index contributed by atoms with van der Waals surface area (Å²) in [7, 11) is 2.13. The maximum atomic E-state index is 13.0. The van der Waals surface area contributed by atoms with E-state index in [1.807, 2.05) is 37.3 Å². The lowest BCUT2D eigenvalue weighted by atomic mass is 10.1. The van der Waals surface area contributed by atoms with Crippen LogP contribution in [0.25, 0.3) is 6.08 Å². The van der Waals surface area contributed by atoms with Crippen LogP contribution < -0.4 is 5.32 Å². The van der Waals surface area contributed by atoms with E-state index >= 15 is 0 Å². The molecule has 0 spiro atoms. The highest BCUT2D eigenvalue weighted by Gasteiger charge is 2.19. The number of nitrogens with zero attached hydrogens (tertiary/aromatic N) is 3. The number of thioether (sulfide) groups is 1. The number of benzene rings is 2. The highest BCUT2D eigenvalue weighted by molar-refractivity contribution is 8.06. The first-order valence-electron chi connectivity index (χ1n) is 14.4. The standard InChI is InChI=1S/C34H46N4OS/c1-6-10-12-17-31-27-40-33(26-38(31)24-29-15-13-11-14-16-29)22-28-18-20-30(21-19-28)34(39)35-23-32(36(5)7-2)25-37(8-3)9-4/h6,10-22,27,32H,7-9,23-26H2,1-5H3,(H,35,39)/b10-6-,17-12-,33-22-. The molecule has 1 aliphatic rings. The Labute approximate surface area is 246 Å². The van der Waals surface area contributed by atoms with Crippen LogP contribution in [0, 0.1) is 0 Å². The molecule has 1 unspecified atom stereocenters. The van der Waals surface area contributed by atoms with Gasteiger partial charge in [0, 0.05) is 48.4 Å². The Morgan fingerprint density at radius 1 is 1.02 bits per heavy atom. The number of amides is 1. The second-order valence-electron chi connectivity index (χ2n) is 10.0. The van der Waals surface area contributed by atoms with Crippen molar-refractivity contribution in [2.45, 2.75) is 40.3 Å². The van der Waals surface area contributed by atoms with Gasteiger partial charge in [-0.25, -0.2) is 0 Å². The van der Waals surface area contributed by atoms with Crippen molar-refractivity contribution >= 4 is 23.7 Å². The van der Waals surface area contributed by atoms with Crippen LogP contribution in [-0.2, 0) is 6.54 Å². The molecule has 214 valence electrons. The second-order valence-corrected chi connectivity index (χ2v) is 11.0. The summed E-state index contributed by atoms with van der Waals surface area (Å²) in [5.41, 5.74) is 4.30. The molecule has 5 nitrogen and oxygen atoms in total. The summed E-state index contributed by atoms with van der Waals surface area (Å²) in [6, 6.07) is 18.8. The zero-order chi connectivity index (χ0) is 28.7. The topological polar surface area (TPSA) is 38.8 Å². The van der Waals surface area contributed by atoms with Crippen molar-refractivity contribution in [3.05, 3.63) is 112 Å². The van der Waals surface area contributed by atoms with Gasteiger partial charge in [0.05, 0.1) is 0 Å². The number of rotatable bonds is 14. The minimum absolute atomic E-state index is 0.0187. The number of carbonyl (C=O) groups excluding carboxylic acids is 1. The molecule has 1 N–H and O–H groups in total. The minimum atomic E-state index is -0.0187. The maximum Gasteiger partial charge on any atom is 0.251 e. The molecular formula is C34H46N4OS. The lowest BCUT2D eigenvalue weighted by Crippen LogP contribution is -2.48. The van der Waals surface area contributed by atoms with Crippen molar-refractivity contribution in [3.8, 4) is 0 Å². The Hall–Kier alpha value is -3.06. The van der Waals surface area contributed by atoms with Crippen LogP contribution in [0.15, 0.2) is 94.9 Å². The van der Waals surface area contributed by atoms with Gasteiger partial charge in [0.2, 0.25) is 0 Å². The SMILES string of the molecule is C/C=C\C=C/C1=CS/C(=C\c2ccc(C(=O)NCC(CN(CC)CC)N(C)CC)cc2)CN1Cc1ccccc1. The lowest BCUT2D eigenvalue weighted by Gasteiger charge is -2.32. The molecule has 2 aromatic rings. The van der Waals surface area contributed by atoms with Crippen molar-refractivity contribution in [1.29, 1.82) is 0 Å². The van der Waals surface area contributed by atoms with Crippen LogP contribution in [0.2, 0.25) is 0 Å². The van der Waals surface area contributed by atoms with Crippen LogP contribution in [0.3, 0.4) is 0 Å². The van der Waals surface area contributed by atoms with Gasteiger partial charge < -0.3 is 20.0 Å². The van der Waals surface area contributed by atoms with Crippen molar-refractivity contribution in [2.75, 3.05) is 46.3 Å². The third-order valence-corrected chi connectivity index (χ3v) is 8.22. The zero-order valence-electron chi connectivity index (χ0n) is 24.8. The van der Waals surface area contributed by atoms with E-state index in [4.69, 9.17) is 0 Å². The summed E-state index contributed by atoms with van der Waals surface area (Å²) in [5.74, 6) is -0.0187. The number of carbonyl (C=O) groups is 1. The fourth-order valence-electron chi connectivity index (χ4n) is 4.59. The smallest absolute Gasteiger partial charge is 0.251 e. The molecule has 0 bridgehead atoms. The van der Waals surface area contributed by atoms with Crippen molar-refractivity contribution < 1.29 is 4.79 Å². The van der Waals surface area contributed by atoms with Crippen LogP contribution in [0.1, 0.15) is 49.2 Å². The predicted octanol–water partition coefficient (Wildman–Crippen LogP) is 6.64. The van der Waals surface area contributed by atoms with E-state index in [9.17, 15) is 4.79 Å². The highest BCUT2D eigenvalue weighted by atomic mass is 32.2. The predicted molar refractivity (Wildman–Crippen MR) is 173 cm³/mol. The minimum Gasteiger partial charge on any atom is -0.362 e. The van der Waals surface area contributed by atoms with Crippen LogP contribution in [-0.4, -0.2) is 73.0 Å². The Balaban J connectivity index is 1.66. The Morgan fingerprint density at radius 3 is 2.40 bits per heavy atom. The monoisotopic (exact) mass is 558 g/mol. The first kappa shape index (κ1) is 31.5. The molecule has 1 amide bonds. The number of hydrogen-bond acceptors (Lipinski definition) is 5. The molecule has 2 aromatic carbocycles. The fraction of sp³-hybridized carbons (Fsp3) is 0.382. The summed E-state index contributed by atoms with van der Waals surface area (Å²) in [4.78, 5) is 21.4. The average Bonchev–Trinajstić information content (AvgIpc) is 2.99. The van der Waals surface area contributed by atoms with Gasteiger partial charge in [0.1, 0.15) is 0 Å². The van der Waals surface area contributed by atoms with Gasteiger partial charge in [0.25, 0.3) is 5.91 Å². The van der Waals surface area contributed by atoms with Gasteiger partial charge >= 0.3 is 0 Å². The first-order valence-corrected chi connectivity index (χ1v) is 15.3. The molecule has 1 heterocycles. The zero-order valence-corrected chi connectivity index (χ0v) is 25.7. The molecule has 0 radical (unpaired) electrons. The van der Waals surface area contributed by atoms with E-state index in [1.165, 1.54) is 16.2 Å². The van der Waals surface area contributed by atoms with Crippen molar-refractivity contribution in [3.63, 3.8) is 0 Å². The second kappa shape index (κ2) is 16.9. The van der Waals surface area contributed by atoms with Gasteiger partial charge in [-0.1, -0.05) is 93.2 Å². The normalized spacial score (nSPS) is 15.9. The van der Waals surface area contributed by atoms with Crippen LogP contribution in [0.5, 0.6) is 0 Å². The number of likely N-dealkylation sites (N-methyl/N-ethyl adjacent to an activating group) is 2. The fourth-order valence-corrected chi connectivity index (χ4v) is 5.53. The molecule has 0 fully saturated rings. The summed E-state index contributed by atoms with van der Waals surface area (Å²) in [5, 5.41) is 5.40. The van der Waals surface area contributed by atoms with E-state index in [2.05, 4.69) is 108 Å². The van der Waals surface area contributed by atoms with Crippen molar-refractivity contribution in [1.82, 2.24) is 20.0 Å². The van der Waals surface area contributed by atoms with Gasteiger partial charge in [-0.05, 0) is 74.4 Å². The Morgan fingerprint density at radius 2 is 1.75 bits per heavy atom. The number of allylic oxidation sites excluding steroid dienone is 4. The molecule has 0 saturated heterocycles. The van der Waals surface area contributed by atoms with E-state index < -0.39 is 0 Å². The van der Waals surface area contributed by atoms with E-state index in [-0.39, 0.29) is 11.9 Å². The first-order chi connectivity index (χ1) is 19.5. The third kappa shape index (κ3) is 9.84. The summed E-state index contributed by atoms with van der Waals surface area (Å²) >= 11 is 1.77. The highest BCUT2D eigenvalue weighted by Crippen LogP contribution is 2.31. The molecule has 3 rings (SSSR count). The molecule has 6 heteroatoms. The maximum absolute atomic E-state index is 13.0. The summed E-state index contributed by atoms with van der Waals surface area (Å²) in [6.07, 6.45) is 10.6. The van der Waals surface area contributed by atoms with Gasteiger partial charge in [-0.3, -0.25) is 4.79 Å². The molecule has 1 atom stereocenters. The van der Waals surface area contributed by atoms with Gasteiger partial charge in [0.15, 0.2) is 0 Å². The Bertz CT molecular complexity index is 1170. The molecular weight excluding hydrogens is 512 g/mol. The molecule has 0 saturated carbocycles. The number of hydrogen-bond donors (Lipinski definition) is 1. The lowest BCUT2D eigenvalue weighted by molar-refractivity contribution is 0.0928. The third-order valence-electron chi connectivity index (χ3n) is 7.31. The van der Waals surface area contributed by atoms with Crippen LogP contribution >= 0.6 is 11.8 Å². The van der Waals surface area contributed by atoms with Gasteiger partial charge in [-0.2, -0.15) is 0 Å². The van der Waals surface area contributed by atoms with E-state index in [0.29, 0.717) is 12.1 Å². The van der Waals surface area contributed by atoms with Gasteiger partial charge in [-0.15, -0.1) is 0 Å². The molecule has 40 heavy (non-hydrogen) atoms.